The van der Waals surface area contributed by atoms with E-state index in [-0.39, 0.29) is 4.90 Å². The first-order valence-electron chi connectivity index (χ1n) is 10.9. The summed E-state index contributed by atoms with van der Waals surface area (Å²) in [6.45, 7) is 1.95. The topological polar surface area (TPSA) is 40.6 Å². The Morgan fingerprint density at radius 3 is 2.24 bits per heavy atom. The number of hydrogen-bond acceptors (Lipinski definition) is 3. The fourth-order valence-electron chi connectivity index (χ4n) is 4.15. The van der Waals surface area contributed by atoms with Gasteiger partial charge in [-0.05, 0) is 49.4 Å². The monoisotopic (exact) mass is 530 g/mol. The van der Waals surface area contributed by atoms with Crippen molar-refractivity contribution >= 4 is 37.3 Å². The van der Waals surface area contributed by atoms with Crippen LogP contribution in [-0.4, -0.2) is 18.8 Å². The standard InChI is InChI=1S/C28H23BrN2O2S/c1-21-12-18-25(19-13-21)34(32,33)30-20-28(22-8-4-2-5-9-22)31(24-16-14-23(29)15-17-24)27-11-7-3-6-10-26(27)30/h2-20,26H,1H3/t26-/m0/s1. The van der Waals surface area contributed by atoms with Crippen molar-refractivity contribution in [3.8, 4) is 0 Å². The predicted molar refractivity (Wildman–Crippen MR) is 141 cm³/mol. The maximum Gasteiger partial charge on any atom is 0.264 e. The van der Waals surface area contributed by atoms with Gasteiger partial charge in [0.1, 0.15) is 6.04 Å². The van der Waals surface area contributed by atoms with E-state index in [2.05, 4.69) is 20.8 Å². The van der Waals surface area contributed by atoms with Gasteiger partial charge in [0.15, 0.2) is 0 Å². The zero-order valence-electron chi connectivity index (χ0n) is 18.5. The summed E-state index contributed by atoms with van der Waals surface area (Å²) in [5.74, 6) is 0. The molecule has 5 rings (SSSR count). The molecule has 3 aromatic carbocycles. The molecule has 34 heavy (non-hydrogen) atoms. The lowest BCUT2D eigenvalue weighted by molar-refractivity contribution is 0.468. The van der Waals surface area contributed by atoms with Crippen LogP contribution in [0.4, 0.5) is 5.69 Å². The molecule has 0 fully saturated rings. The van der Waals surface area contributed by atoms with Gasteiger partial charge in [0, 0.05) is 21.9 Å². The van der Waals surface area contributed by atoms with Crippen molar-refractivity contribution in [2.24, 2.45) is 0 Å². The number of nitrogens with zero attached hydrogens (tertiary/aromatic N) is 2. The van der Waals surface area contributed by atoms with Gasteiger partial charge in [0.25, 0.3) is 10.0 Å². The lowest BCUT2D eigenvalue weighted by Crippen LogP contribution is -2.45. The van der Waals surface area contributed by atoms with Gasteiger partial charge < -0.3 is 4.90 Å². The lowest BCUT2D eigenvalue weighted by Gasteiger charge is -2.42. The van der Waals surface area contributed by atoms with Crippen molar-refractivity contribution in [3.63, 3.8) is 0 Å². The summed E-state index contributed by atoms with van der Waals surface area (Å²) < 4.78 is 30.3. The Bertz CT molecular complexity index is 1420. The average molecular weight is 531 g/mol. The van der Waals surface area contributed by atoms with Crippen molar-refractivity contribution in [2.75, 3.05) is 4.90 Å². The summed E-state index contributed by atoms with van der Waals surface area (Å²) in [7, 11) is -3.82. The van der Waals surface area contributed by atoms with E-state index in [1.54, 1.807) is 18.3 Å². The molecule has 0 N–H and O–H groups in total. The van der Waals surface area contributed by atoms with Crippen molar-refractivity contribution in [3.05, 3.63) is 137 Å². The molecule has 6 heteroatoms. The zero-order valence-corrected chi connectivity index (χ0v) is 20.9. The predicted octanol–water partition coefficient (Wildman–Crippen LogP) is 6.65. The van der Waals surface area contributed by atoms with Gasteiger partial charge in [0.05, 0.1) is 16.3 Å². The quantitative estimate of drug-likeness (QED) is 0.379. The molecular weight excluding hydrogens is 508 g/mol. The molecule has 0 saturated heterocycles. The van der Waals surface area contributed by atoms with Gasteiger partial charge in [-0.3, -0.25) is 4.31 Å². The maximum atomic E-state index is 13.9. The first kappa shape index (κ1) is 22.4. The van der Waals surface area contributed by atoms with E-state index in [0.29, 0.717) is 0 Å². The molecular formula is C28H23BrN2O2S. The molecule has 4 nitrogen and oxygen atoms in total. The highest BCUT2D eigenvalue weighted by Gasteiger charge is 2.38. The molecule has 1 aliphatic carbocycles. The van der Waals surface area contributed by atoms with Crippen LogP contribution in [0.2, 0.25) is 0 Å². The summed E-state index contributed by atoms with van der Waals surface area (Å²) in [5.41, 5.74) is 4.52. The normalized spacial score (nSPS) is 17.6. The van der Waals surface area contributed by atoms with Crippen LogP contribution < -0.4 is 4.90 Å². The SMILES string of the molecule is Cc1ccc(S(=O)(=O)N2C=C(c3ccccc3)N(c3ccc(Br)cc3)C3=CC=CC=C[C@@H]32)cc1. The molecule has 0 bridgehead atoms. The van der Waals surface area contributed by atoms with Gasteiger partial charge >= 0.3 is 0 Å². The van der Waals surface area contributed by atoms with E-state index in [4.69, 9.17) is 0 Å². The fraction of sp³-hybridized carbons (Fsp3) is 0.0714. The third-order valence-corrected chi connectivity index (χ3v) is 8.14. The average Bonchev–Trinajstić information content (AvgIpc) is 3.10. The summed E-state index contributed by atoms with van der Waals surface area (Å²) in [4.78, 5) is 2.40. The Morgan fingerprint density at radius 1 is 0.824 bits per heavy atom. The van der Waals surface area contributed by atoms with E-state index < -0.39 is 16.1 Å². The molecule has 0 saturated carbocycles. The molecule has 1 aliphatic heterocycles. The van der Waals surface area contributed by atoms with Crippen molar-refractivity contribution < 1.29 is 8.42 Å². The number of aryl methyl sites for hydroxylation is 1. The highest BCUT2D eigenvalue weighted by molar-refractivity contribution is 9.10. The zero-order chi connectivity index (χ0) is 23.7. The number of anilines is 1. The minimum Gasteiger partial charge on any atom is -0.310 e. The number of benzene rings is 3. The summed E-state index contributed by atoms with van der Waals surface area (Å²) in [5, 5.41) is 0. The molecule has 0 unspecified atom stereocenters. The third-order valence-electron chi connectivity index (χ3n) is 5.86. The van der Waals surface area contributed by atoms with Gasteiger partial charge in [0.2, 0.25) is 0 Å². The molecule has 0 radical (unpaired) electrons. The number of allylic oxidation sites excluding steroid dienone is 4. The second-order valence-electron chi connectivity index (χ2n) is 8.15. The van der Waals surface area contributed by atoms with Gasteiger partial charge in [-0.25, -0.2) is 8.42 Å². The molecule has 1 heterocycles. The highest BCUT2D eigenvalue weighted by atomic mass is 79.9. The molecule has 0 aromatic heterocycles. The second kappa shape index (κ2) is 9.12. The van der Waals surface area contributed by atoms with Crippen LogP contribution in [-0.2, 0) is 10.0 Å². The minimum atomic E-state index is -3.82. The molecule has 3 aromatic rings. The largest absolute Gasteiger partial charge is 0.310 e. The van der Waals surface area contributed by atoms with Gasteiger partial charge in [-0.1, -0.05) is 88.3 Å². The van der Waals surface area contributed by atoms with Crippen molar-refractivity contribution in [1.29, 1.82) is 0 Å². The van der Waals surface area contributed by atoms with E-state index in [0.717, 1.165) is 32.7 Å². The van der Waals surface area contributed by atoms with Crippen LogP contribution >= 0.6 is 15.9 Å². The van der Waals surface area contributed by atoms with Crippen LogP contribution in [0, 0.1) is 6.92 Å². The van der Waals surface area contributed by atoms with Crippen molar-refractivity contribution in [1.82, 2.24) is 4.31 Å². The van der Waals surface area contributed by atoms with Gasteiger partial charge in [-0.2, -0.15) is 0 Å². The minimum absolute atomic E-state index is 0.267. The Labute approximate surface area is 209 Å². The van der Waals surface area contributed by atoms with E-state index in [9.17, 15) is 8.42 Å². The first-order valence-corrected chi connectivity index (χ1v) is 13.2. The lowest BCUT2D eigenvalue weighted by atomic mass is 10.0. The molecule has 0 spiro atoms. The Kier molecular flexibility index (Phi) is 6.02. The molecule has 1 atom stereocenters. The summed E-state index contributed by atoms with van der Waals surface area (Å²) >= 11 is 3.52. The third kappa shape index (κ3) is 4.15. The smallest absolute Gasteiger partial charge is 0.264 e. The molecule has 2 aliphatic rings. The van der Waals surface area contributed by atoms with Gasteiger partial charge in [-0.15, -0.1) is 0 Å². The van der Waals surface area contributed by atoms with E-state index >= 15 is 0 Å². The summed E-state index contributed by atoms with van der Waals surface area (Å²) in [6, 6.07) is 24.4. The van der Waals surface area contributed by atoms with Crippen LogP contribution in [0.15, 0.2) is 131 Å². The number of halogens is 1. The Balaban J connectivity index is 1.75. The summed E-state index contributed by atoms with van der Waals surface area (Å²) in [6.07, 6.45) is 11.4. The Hall–Kier alpha value is -3.35. The van der Waals surface area contributed by atoms with Crippen LogP contribution in [0.5, 0.6) is 0 Å². The number of hydrogen-bond donors (Lipinski definition) is 0. The van der Waals surface area contributed by atoms with E-state index in [1.165, 1.54) is 4.31 Å². The fourth-order valence-corrected chi connectivity index (χ4v) is 5.85. The second-order valence-corrected chi connectivity index (χ2v) is 10.9. The van der Waals surface area contributed by atoms with E-state index in [1.807, 2.05) is 104 Å². The van der Waals surface area contributed by atoms with Crippen LogP contribution in [0.25, 0.3) is 5.70 Å². The van der Waals surface area contributed by atoms with Crippen molar-refractivity contribution in [2.45, 2.75) is 17.9 Å². The number of rotatable bonds is 4. The number of sulfonamides is 1. The molecule has 0 amide bonds. The highest BCUT2D eigenvalue weighted by Crippen LogP contribution is 2.40. The first-order chi connectivity index (χ1) is 16.4. The Morgan fingerprint density at radius 2 is 1.53 bits per heavy atom. The van der Waals surface area contributed by atoms with Crippen LogP contribution in [0.3, 0.4) is 0 Å². The van der Waals surface area contributed by atoms with Crippen LogP contribution in [0.1, 0.15) is 11.1 Å². The molecule has 170 valence electrons. The number of fused-ring (bicyclic) bond motifs is 1. The maximum absolute atomic E-state index is 13.9.